The summed E-state index contributed by atoms with van der Waals surface area (Å²) in [7, 11) is 1.94. The van der Waals surface area contributed by atoms with Gasteiger partial charge in [0.25, 0.3) is 0 Å². The van der Waals surface area contributed by atoms with Gasteiger partial charge in [-0.25, -0.2) is 4.39 Å². The molecule has 0 saturated heterocycles. The third-order valence-corrected chi connectivity index (χ3v) is 3.18. The van der Waals surface area contributed by atoms with Crippen LogP contribution >= 0.6 is 11.6 Å². The second-order valence-corrected chi connectivity index (χ2v) is 5.40. The van der Waals surface area contributed by atoms with Gasteiger partial charge in [-0.2, -0.15) is 0 Å². The van der Waals surface area contributed by atoms with E-state index in [9.17, 15) is 4.39 Å². The molecule has 1 unspecified atom stereocenters. The summed E-state index contributed by atoms with van der Waals surface area (Å²) in [4.78, 5) is 0. The Hall–Kier alpha value is -0.600. The molecule has 1 rings (SSSR count). The van der Waals surface area contributed by atoms with Gasteiger partial charge >= 0.3 is 0 Å². The summed E-state index contributed by atoms with van der Waals surface area (Å²) in [5, 5.41) is 3.85. The van der Waals surface area contributed by atoms with Gasteiger partial charge in [-0.1, -0.05) is 25.4 Å². The quantitative estimate of drug-likeness (QED) is 0.815. The highest BCUT2D eigenvalue weighted by molar-refractivity contribution is 6.31. The predicted octanol–water partition coefficient (Wildman–Crippen LogP) is 3.90. The van der Waals surface area contributed by atoms with Gasteiger partial charge in [0.15, 0.2) is 0 Å². The van der Waals surface area contributed by atoms with E-state index in [0.29, 0.717) is 16.9 Å². The molecule has 1 atom stereocenters. The van der Waals surface area contributed by atoms with Crippen molar-refractivity contribution in [3.63, 3.8) is 0 Å². The van der Waals surface area contributed by atoms with Crippen LogP contribution in [0.2, 0.25) is 5.02 Å². The van der Waals surface area contributed by atoms with Gasteiger partial charge in [0.2, 0.25) is 0 Å². The summed E-state index contributed by atoms with van der Waals surface area (Å²) >= 11 is 6.09. The summed E-state index contributed by atoms with van der Waals surface area (Å²) in [6.45, 7) is 5.34. The van der Waals surface area contributed by atoms with Crippen molar-refractivity contribution in [2.45, 2.75) is 26.7 Å². The second-order valence-electron chi connectivity index (χ2n) is 4.99. The lowest BCUT2D eigenvalue weighted by atomic mass is 9.91. The molecule has 0 radical (unpaired) electrons. The van der Waals surface area contributed by atoms with E-state index in [1.54, 1.807) is 12.1 Å². The molecule has 0 heterocycles. The zero-order valence-electron chi connectivity index (χ0n) is 10.8. The summed E-state index contributed by atoms with van der Waals surface area (Å²) in [6, 6.07) is 4.59. The highest BCUT2D eigenvalue weighted by Gasteiger charge is 2.13. The molecule has 0 aliphatic heterocycles. The van der Waals surface area contributed by atoms with Crippen molar-refractivity contribution in [3.05, 3.63) is 34.6 Å². The first-order valence-corrected chi connectivity index (χ1v) is 6.49. The second kappa shape index (κ2) is 6.97. The topological polar surface area (TPSA) is 12.0 Å². The highest BCUT2D eigenvalue weighted by atomic mass is 35.5. The molecular weight excluding hydrogens is 237 g/mol. The number of halogens is 2. The van der Waals surface area contributed by atoms with Crippen molar-refractivity contribution >= 4 is 11.6 Å². The SMILES string of the molecule is CNCC(Cc1cc(F)ccc1Cl)CC(C)C. The summed E-state index contributed by atoms with van der Waals surface area (Å²) < 4.78 is 13.2. The summed E-state index contributed by atoms with van der Waals surface area (Å²) in [5.74, 6) is 0.928. The highest BCUT2D eigenvalue weighted by Crippen LogP contribution is 2.23. The lowest BCUT2D eigenvalue weighted by Crippen LogP contribution is -2.22. The standard InChI is InChI=1S/C14H21ClFN/c1-10(2)6-11(9-17-3)7-12-8-13(16)4-5-14(12)15/h4-5,8,10-11,17H,6-7,9H2,1-3H3. The third kappa shape index (κ3) is 5.05. The van der Waals surface area contributed by atoms with Crippen LogP contribution < -0.4 is 5.32 Å². The molecule has 1 N–H and O–H groups in total. The molecule has 96 valence electrons. The minimum Gasteiger partial charge on any atom is -0.319 e. The lowest BCUT2D eigenvalue weighted by Gasteiger charge is -2.19. The van der Waals surface area contributed by atoms with Crippen LogP contribution in [-0.2, 0) is 6.42 Å². The van der Waals surface area contributed by atoms with E-state index in [0.717, 1.165) is 24.9 Å². The molecule has 0 amide bonds. The Kier molecular flexibility index (Phi) is 5.93. The van der Waals surface area contributed by atoms with Crippen LogP contribution in [-0.4, -0.2) is 13.6 Å². The van der Waals surface area contributed by atoms with E-state index >= 15 is 0 Å². The van der Waals surface area contributed by atoms with E-state index in [-0.39, 0.29) is 5.82 Å². The van der Waals surface area contributed by atoms with Crippen LogP contribution in [0.25, 0.3) is 0 Å². The molecule has 0 bridgehead atoms. The van der Waals surface area contributed by atoms with E-state index in [4.69, 9.17) is 11.6 Å². The smallest absolute Gasteiger partial charge is 0.123 e. The average molecular weight is 258 g/mol. The predicted molar refractivity (Wildman–Crippen MR) is 72.0 cm³/mol. The molecule has 1 aromatic carbocycles. The third-order valence-electron chi connectivity index (χ3n) is 2.81. The number of hydrogen-bond acceptors (Lipinski definition) is 1. The van der Waals surface area contributed by atoms with Gasteiger partial charge in [0.05, 0.1) is 0 Å². The molecule has 0 aromatic heterocycles. The summed E-state index contributed by atoms with van der Waals surface area (Å²) in [5.41, 5.74) is 0.910. The van der Waals surface area contributed by atoms with Crippen LogP contribution in [0.5, 0.6) is 0 Å². The van der Waals surface area contributed by atoms with E-state index in [2.05, 4.69) is 19.2 Å². The Bertz CT molecular complexity index is 352. The Morgan fingerprint density at radius 3 is 2.65 bits per heavy atom. The number of rotatable bonds is 6. The van der Waals surface area contributed by atoms with Gasteiger partial charge < -0.3 is 5.32 Å². The fraction of sp³-hybridized carbons (Fsp3) is 0.571. The lowest BCUT2D eigenvalue weighted by molar-refractivity contribution is 0.395. The normalized spacial score (nSPS) is 13.1. The maximum absolute atomic E-state index is 13.2. The number of nitrogens with one attached hydrogen (secondary N) is 1. The zero-order chi connectivity index (χ0) is 12.8. The minimum absolute atomic E-state index is 0.211. The number of hydrogen-bond donors (Lipinski definition) is 1. The largest absolute Gasteiger partial charge is 0.319 e. The Balaban J connectivity index is 2.74. The molecule has 1 nitrogen and oxygen atoms in total. The van der Waals surface area contributed by atoms with E-state index in [1.165, 1.54) is 6.07 Å². The molecule has 17 heavy (non-hydrogen) atoms. The Morgan fingerprint density at radius 2 is 2.06 bits per heavy atom. The molecule has 3 heteroatoms. The maximum Gasteiger partial charge on any atom is 0.123 e. The molecule has 1 aromatic rings. The van der Waals surface area contributed by atoms with Gasteiger partial charge in [0, 0.05) is 5.02 Å². The van der Waals surface area contributed by atoms with Crippen molar-refractivity contribution in [3.8, 4) is 0 Å². The minimum atomic E-state index is -0.211. The van der Waals surface area contributed by atoms with Crippen LogP contribution in [0.3, 0.4) is 0 Å². The van der Waals surface area contributed by atoms with Crippen molar-refractivity contribution in [2.75, 3.05) is 13.6 Å². The van der Waals surface area contributed by atoms with Gasteiger partial charge in [-0.3, -0.25) is 0 Å². The van der Waals surface area contributed by atoms with Gasteiger partial charge in [0.1, 0.15) is 5.82 Å². The zero-order valence-corrected chi connectivity index (χ0v) is 11.5. The molecule has 0 aliphatic rings. The van der Waals surface area contributed by atoms with Crippen molar-refractivity contribution in [2.24, 2.45) is 11.8 Å². The Morgan fingerprint density at radius 1 is 1.35 bits per heavy atom. The van der Waals surface area contributed by atoms with Crippen LogP contribution in [0.4, 0.5) is 4.39 Å². The molecule has 0 fully saturated rings. The van der Waals surface area contributed by atoms with Gasteiger partial charge in [-0.15, -0.1) is 0 Å². The first-order chi connectivity index (χ1) is 8.02. The van der Waals surface area contributed by atoms with Crippen molar-refractivity contribution < 1.29 is 4.39 Å². The monoisotopic (exact) mass is 257 g/mol. The van der Waals surface area contributed by atoms with Crippen molar-refractivity contribution in [1.82, 2.24) is 5.32 Å². The van der Waals surface area contributed by atoms with Crippen LogP contribution in [0.15, 0.2) is 18.2 Å². The van der Waals surface area contributed by atoms with E-state index in [1.807, 2.05) is 7.05 Å². The molecule has 0 saturated carbocycles. The fourth-order valence-electron chi connectivity index (χ4n) is 2.20. The van der Waals surface area contributed by atoms with Crippen LogP contribution in [0.1, 0.15) is 25.8 Å². The van der Waals surface area contributed by atoms with Crippen LogP contribution in [0, 0.1) is 17.7 Å². The Labute approximate surface area is 108 Å². The fourth-order valence-corrected chi connectivity index (χ4v) is 2.40. The summed E-state index contributed by atoms with van der Waals surface area (Å²) in [6.07, 6.45) is 1.95. The number of benzene rings is 1. The first-order valence-electron chi connectivity index (χ1n) is 6.11. The maximum atomic E-state index is 13.2. The molecular formula is C14H21ClFN. The molecule has 0 aliphatic carbocycles. The molecule has 0 spiro atoms. The van der Waals surface area contributed by atoms with Gasteiger partial charge in [-0.05, 0) is 62.0 Å². The average Bonchev–Trinajstić information content (AvgIpc) is 2.23. The van der Waals surface area contributed by atoms with E-state index < -0.39 is 0 Å². The van der Waals surface area contributed by atoms with Crippen molar-refractivity contribution in [1.29, 1.82) is 0 Å². The first kappa shape index (κ1) is 14.5.